The fourth-order valence-corrected chi connectivity index (χ4v) is 4.49. The van der Waals surface area contributed by atoms with E-state index in [4.69, 9.17) is 9.97 Å². The number of unbranched alkanes of at least 4 members (excludes halogenated alkanes) is 1. The molecule has 0 fully saturated rings. The fraction of sp³-hybridized carbons (Fsp3) is 0.565. The third-order valence-corrected chi connectivity index (χ3v) is 5.64. The number of hydrogen-bond acceptors (Lipinski definition) is 4. The second-order valence-electron chi connectivity index (χ2n) is 7.87. The van der Waals surface area contributed by atoms with Crippen molar-refractivity contribution in [2.45, 2.75) is 66.7 Å². The van der Waals surface area contributed by atoms with Crippen LogP contribution in [0.4, 0.5) is 11.5 Å². The van der Waals surface area contributed by atoms with Gasteiger partial charge in [0.2, 0.25) is 0 Å². The Labute approximate surface area is 164 Å². The van der Waals surface area contributed by atoms with Gasteiger partial charge in [0.15, 0.2) is 5.82 Å². The molecular formula is C23H34N4. The summed E-state index contributed by atoms with van der Waals surface area (Å²) in [4.78, 5) is 12.2. The van der Waals surface area contributed by atoms with E-state index in [0.29, 0.717) is 5.92 Å². The lowest BCUT2D eigenvalue weighted by atomic mass is 9.83. The summed E-state index contributed by atoms with van der Waals surface area (Å²) in [7, 11) is 0. The zero-order chi connectivity index (χ0) is 19.6. The smallest absolute Gasteiger partial charge is 0.156 e. The number of rotatable bonds is 6. The number of benzene rings is 1. The maximum Gasteiger partial charge on any atom is 0.156 e. The standard InChI is InChI=1S/C23H34N4/c1-7-9-12-27(8-2)23-22-21(25-18(6)26-23)19(10-11-24-22)20-16(4)13-15(3)14-17(20)5/h13-14,19,24H,7-12H2,1-6H3. The highest BCUT2D eigenvalue weighted by Gasteiger charge is 2.30. The van der Waals surface area contributed by atoms with Crippen LogP contribution < -0.4 is 10.2 Å². The summed E-state index contributed by atoms with van der Waals surface area (Å²) in [5.74, 6) is 2.29. The molecule has 1 unspecified atom stereocenters. The van der Waals surface area contributed by atoms with Gasteiger partial charge in [0.1, 0.15) is 5.82 Å². The van der Waals surface area contributed by atoms with E-state index in [0.717, 1.165) is 43.4 Å². The Hall–Kier alpha value is -2.10. The van der Waals surface area contributed by atoms with Gasteiger partial charge in [0, 0.05) is 25.6 Å². The lowest BCUT2D eigenvalue weighted by Gasteiger charge is -2.33. The van der Waals surface area contributed by atoms with Gasteiger partial charge in [-0.3, -0.25) is 0 Å². The topological polar surface area (TPSA) is 41.1 Å². The van der Waals surface area contributed by atoms with Gasteiger partial charge in [0.05, 0.1) is 11.4 Å². The molecule has 3 rings (SSSR count). The number of anilines is 2. The lowest BCUT2D eigenvalue weighted by Crippen LogP contribution is -2.30. The first-order valence-electron chi connectivity index (χ1n) is 10.4. The van der Waals surface area contributed by atoms with Crippen LogP contribution >= 0.6 is 0 Å². The largest absolute Gasteiger partial charge is 0.381 e. The minimum Gasteiger partial charge on any atom is -0.381 e. The second kappa shape index (κ2) is 8.28. The molecule has 146 valence electrons. The van der Waals surface area contributed by atoms with Crippen molar-refractivity contribution in [3.63, 3.8) is 0 Å². The van der Waals surface area contributed by atoms with E-state index in [9.17, 15) is 0 Å². The normalized spacial score (nSPS) is 16.0. The molecule has 1 aliphatic rings. The van der Waals surface area contributed by atoms with Gasteiger partial charge in [-0.05, 0) is 64.2 Å². The van der Waals surface area contributed by atoms with Crippen LogP contribution in [-0.2, 0) is 0 Å². The third-order valence-electron chi connectivity index (χ3n) is 5.64. The molecule has 0 saturated carbocycles. The molecule has 1 atom stereocenters. The molecule has 0 bridgehead atoms. The molecule has 0 radical (unpaired) electrons. The first-order chi connectivity index (χ1) is 13.0. The predicted molar refractivity (Wildman–Crippen MR) is 115 cm³/mol. The van der Waals surface area contributed by atoms with Crippen molar-refractivity contribution in [2.24, 2.45) is 0 Å². The van der Waals surface area contributed by atoms with Crippen LogP contribution in [0.5, 0.6) is 0 Å². The average molecular weight is 367 g/mol. The minimum absolute atomic E-state index is 0.340. The van der Waals surface area contributed by atoms with Gasteiger partial charge >= 0.3 is 0 Å². The van der Waals surface area contributed by atoms with Crippen molar-refractivity contribution in [1.82, 2.24) is 9.97 Å². The molecule has 1 aromatic heterocycles. The summed E-state index contributed by atoms with van der Waals surface area (Å²) >= 11 is 0. The molecular weight excluding hydrogens is 332 g/mol. The zero-order valence-electron chi connectivity index (χ0n) is 17.8. The van der Waals surface area contributed by atoms with Gasteiger partial charge < -0.3 is 10.2 Å². The highest BCUT2D eigenvalue weighted by atomic mass is 15.2. The van der Waals surface area contributed by atoms with Gasteiger partial charge in [-0.25, -0.2) is 9.97 Å². The van der Waals surface area contributed by atoms with E-state index in [-0.39, 0.29) is 0 Å². The fourth-order valence-electron chi connectivity index (χ4n) is 4.49. The summed E-state index contributed by atoms with van der Waals surface area (Å²) in [5, 5.41) is 3.63. The van der Waals surface area contributed by atoms with Crippen molar-refractivity contribution in [3.8, 4) is 0 Å². The monoisotopic (exact) mass is 366 g/mol. The Balaban J connectivity index is 2.11. The van der Waals surface area contributed by atoms with E-state index in [2.05, 4.69) is 57.0 Å². The summed E-state index contributed by atoms with van der Waals surface area (Å²) in [6.07, 6.45) is 3.46. The molecule has 4 nitrogen and oxygen atoms in total. The average Bonchev–Trinajstić information content (AvgIpc) is 2.61. The number of fused-ring (bicyclic) bond motifs is 1. The minimum atomic E-state index is 0.340. The number of hydrogen-bond donors (Lipinski definition) is 1. The van der Waals surface area contributed by atoms with E-state index in [1.54, 1.807) is 0 Å². The van der Waals surface area contributed by atoms with Crippen molar-refractivity contribution < 1.29 is 0 Å². The van der Waals surface area contributed by atoms with E-state index in [1.807, 2.05) is 6.92 Å². The number of aromatic nitrogens is 2. The molecule has 2 heterocycles. The van der Waals surface area contributed by atoms with Gasteiger partial charge in [-0.2, -0.15) is 0 Å². The van der Waals surface area contributed by atoms with Crippen molar-refractivity contribution in [2.75, 3.05) is 29.9 Å². The van der Waals surface area contributed by atoms with E-state index in [1.165, 1.54) is 40.8 Å². The summed E-state index contributed by atoms with van der Waals surface area (Å²) in [6, 6.07) is 4.61. The Morgan fingerprint density at radius 1 is 1.07 bits per heavy atom. The summed E-state index contributed by atoms with van der Waals surface area (Å²) in [6.45, 7) is 16.1. The second-order valence-corrected chi connectivity index (χ2v) is 7.87. The van der Waals surface area contributed by atoms with Crippen LogP contribution in [0.15, 0.2) is 12.1 Å². The molecule has 1 N–H and O–H groups in total. The highest BCUT2D eigenvalue weighted by molar-refractivity contribution is 5.71. The SMILES string of the molecule is CCCCN(CC)c1nc(C)nc2c1NCCC2c1c(C)cc(C)cc1C. The molecule has 0 aliphatic carbocycles. The lowest BCUT2D eigenvalue weighted by molar-refractivity contribution is 0.669. The number of nitrogens with one attached hydrogen (secondary N) is 1. The van der Waals surface area contributed by atoms with Gasteiger partial charge in [0.25, 0.3) is 0 Å². The molecule has 0 saturated heterocycles. The maximum atomic E-state index is 4.93. The van der Waals surface area contributed by atoms with Crippen molar-refractivity contribution in [1.29, 1.82) is 0 Å². The van der Waals surface area contributed by atoms with Crippen LogP contribution in [-0.4, -0.2) is 29.6 Å². The Kier molecular flexibility index (Phi) is 6.03. The summed E-state index contributed by atoms with van der Waals surface area (Å²) in [5.41, 5.74) is 7.86. The Morgan fingerprint density at radius 2 is 1.78 bits per heavy atom. The first kappa shape index (κ1) is 19.7. The van der Waals surface area contributed by atoms with Crippen LogP contribution in [0.1, 0.15) is 72.8 Å². The van der Waals surface area contributed by atoms with Crippen LogP contribution in [0, 0.1) is 27.7 Å². The molecule has 0 amide bonds. The predicted octanol–water partition coefficient (Wildman–Crippen LogP) is 5.28. The number of aryl methyl sites for hydroxylation is 4. The Morgan fingerprint density at radius 3 is 2.41 bits per heavy atom. The molecule has 1 aliphatic heterocycles. The molecule has 2 aromatic rings. The van der Waals surface area contributed by atoms with Crippen LogP contribution in [0.25, 0.3) is 0 Å². The highest BCUT2D eigenvalue weighted by Crippen LogP contribution is 2.42. The van der Waals surface area contributed by atoms with Crippen molar-refractivity contribution >= 4 is 11.5 Å². The molecule has 1 aromatic carbocycles. The van der Waals surface area contributed by atoms with Crippen molar-refractivity contribution in [3.05, 3.63) is 45.9 Å². The van der Waals surface area contributed by atoms with Gasteiger partial charge in [-0.15, -0.1) is 0 Å². The quantitative estimate of drug-likeness (QED) is 0.755. The first-order valence-corrected chi connectivity index (χ1v) is 10.4. The zero-order valence-corrected chi connectivity index (χ0v) is 17.8. The van der Waals surface area contributed by atoms with E-state index < -0.39 is 0 Å². The summed E-state index contributed by atoms with van der Waals surface area (Å²) < 4.78 is 0. The van der Waals surface area contributed by atoms with Crippen LogP contribution in [0.2, 0.25) is 0 Å². The third kappa shape index (κ3) is 3.95. The molecule has 0 spiro atoms. The number of nitrogens with zero attached hydrogens (tertiary/aromatic N) is 3. The van der Waals surface area contributed by atoms with E-state index >= 15 is 0 Å². The van der Waals surface area contributed by atoms with Gasteiger partial charge in [-0.1, -0.05) is 31.0 Å². The Bertz CT molecular complexity index is 789. The van der Waals surface area contributed by atoms with Crippen LogP contribution in [0.3, 0.4) is 0 Å². The maximum absolute atomic E-state index is 4.93. The molecule has 27 heavy (non-hydrogen) atoms. The molecule has 4 heteroatoms.